The first-order valence-corrected chi connectivity index (χ1v) is 6.94. The topological polar surface area (TPSA) is 38.1 Å². The zero-order valence-electron chi connectivity index (χ0n) is 10.6. The summed E-state index contributed by atoms with van der Waals surface area (Å²) >= 11 is 1.54. The fraction of sp³-hybridized carbons (Fsp3) is 0.133. The van der Waals surface area contributed by atoms with Gasteiger partial charge in [-0.25, -0.2) is 4.98 Å². The van der Waals surface area contributed by atoms with E-state index in [4.69, 9.17) is 4.42 Å². The van der Waals surface area contributed by atoms with Gasteiger partial charge >= 0.3 is 0 Å². The van der Waals surface area contributed by atoms with Crippen LogP contribution in [0.15, 0.2) is 63.1 Å². The number of rotatable bonds is 4. The molecule has 96 valence electrons. The van der Waals surface area contributed by atoms with E-state index in [0.717, 1.165) is 22.5 Å². The number of para-hydroxylation sites is 2. The van der Waals surface area contributed by atoms with E-state index in [1.165, 1.54) is 5.56 Å². The zero-order valence-corrected chi connectivity index (χ0v) is 11.4. The third-order valence-corrected chi connectivity index (χ3v) is 3.64. The van der Waals surface area contributed by atoms with Gasteiger partial charge in [-0.1, -0.05) is 24.3 Å². The van der Waals surface area contributed by atoms with Crippen molar-refractivity contribution >= 4 is 22.9 Å². The molecular weight excluding hydrogens is 256 g/mol. The first-order chi connectivity index (χ1) is 9.35. The third kappa shape index (κ3) is 2.80. The van der Waals surface area contributed by atoms with Crippen LogP contribution in [0.25, 0.3) is 11.1 Å². The molecule has 3 aromatic rings. The second-order valence-corrected chi connectivity index (χ2v) is 5.25. The highest BCUT2D eigenvalue weighted by Gasteiger charge is 2.06. The quantitative estimate of drug-likeness (QED) is 0.784. The molecule has 0 radical (unpaired) electrons. The lowest BCUT2D eigenvalue weighted by Crippen LogP contribution is -2.04. The highest BCUT2D eigenvalue weighted by molar-refractivity contribution is 7.99. The molecule has 0 bridgehead atoms. The largest absolute Gasteiger partial charge is 0.431 e. The molecule has 0 aliphatic rings. The van der Waals surface area contributed by atoms with Crippen molar-refractivity contribution in [3.63, 3.8) is 0 Å². The summed E-state index contributed by atoms with van der Waals surface area (Å²) < 4.78 is 5.69. The Morgan fingerprint density at radius 3 is 2.63 bits per heavy atom. The third-order valence-electron chi connectivity index (χ3n) is 2.78. The molecule has 0 saturated heterocycles. The molecule has 0 amide bonds. The van der Waals surface area contributed by atoms with Crippen molar-refractivity contribution in [1.29, 1.82) is 0 Å². The molecule has 0 aliphatic carbocycles. The van der Waals surface area contributed by atoms with Gasteiger partial charge in [0.1, 0.15) is 5.52 Å². The highest BCUT2D eigenvalue weighted by Crippen LogP contribution is 2.29. The van der Waals surface area contributed by atoms with E-state index in [9.17, 15) is 0 Å². The van der Waals surface area contributed by atoms with Crippen LogP contribution in [-0.4, -0.2) is 12.0 Å². The van der Waals surface area contributed by atoms with Crippen LogP contribution in [-0.2, 0) is 6.54 Å². The van der Waals surface area contributed by atoms with Crippen molar-refractivity contribution in [2.24, 2.45) is 0 Å². The SMILES string of the molecule is CNCc1ccc(Sc2nc3ccccc3o2)cc1. The van der Waals surface area contributed by atoms with E-state index in [1.54, 1.807) is 11.8 Å². The van der Waals surface area contributed by atoms with Gasteiger partial charge in [-0.2, -0.15) is 0 Å². The first-order valence-electron chi connectivity index (χ1n) is 6.12. The Bertz CT molecular complexity index is 643. The van der Waals surface area contributed by atoms with Gasteiger partial charge in [0.15, 0.2) is 5.58 Å². The molecule has 0 fully saturated rings. The molecule has 0 spiro atoms. The molecule has 3 rings (SSSR count). The average Bonchev–Trinajstić information content (AvgIpc) is 2.83. The van der Waals surface area contributed by atoms with Crippen LogP contribution >= 0.6 is 11.8 Å². The highest BCUT2D eigenvalue weighted by atomic mass is 32.2. The molecule has 4 heteroatoms. The van der Waals surface area contributed by atoms with E-state index in [2.05, 4.69) is 34.6 Å². The molecule has 0 saturated carbocycles. The van der Waals surface area contributed by atoms with E-state index in [-0.39, 0.29) is 0 Å². The smallest absolute Gasteiger partial charge is 0.261 e. The molecule has 0 aliphatic heterocycles. The molecule has 1 heterocycles. The Kier molecular flexibility index (Phi) is 3.53. The average molecular weight is 270 g/mol. The Hall–Kier alpha value is -1.78. The maximum absolute atomic E-state index is 5.69. The van der Waals surface area contributed by atoms with Crippen molar-refractivity contribution in [2.75, 3.05) is 7.05 Å². The minimum Gasteiger partial charge on any atom is -0.431 e. The standard InChI is InChI=1S/C15H14N2OS/c1-16-10-11-6-8-12(9-7-11)19-15-17-13-4-2-3-5-14(13)18-15/h2-9,16H,10H2,1H3. The van der Waals surface area contributed by atoms with E-state index in [1.807, 2.05) is 31.3 Å². The van der Waals surface area contributed by atoms with E-state index < -0.39 is 0 Å². The molecule has 0 atom stereocenters. The Labute approximate surface area is 116 Å². The number of hydrogen-bond donors (Lipinski definition) is 1. The van der Waals surface area contributed by atoms with Crippen molar-refractivity contribution in [2.45, 2.75) is 16.7 Å². The summed E-state index contributed by atoms with van der Waals surface area (Å²) in [5.41, 5.74) is 3.00. The minimum atomic E-state index is 0.683. The van der Waals surface area contributed by atoms with Crippen LogP contribution in [0.4, 0.5) is 0 Å². The lowest BCUT2D eigenvalue weighted by molar-refractivity contribution is 0.489. The van der Waals surface area contributed by atoms with E-state index >= 15 is 0 Å². The van der Waals surface area contributed by atoms with E-state index in [0.29, 0.717) is 5.22 Å². The van der Waals surface area contributed by atoms with Crippen LogP contribution in [0.2, 0.25) is 0 Å². The second kappa shape index (κ2) is 5.47. The van der Waals surface area contributed by atoms with Crippen molar-refractivity contribution < 1.29 is 4.42 Å². The number of aromatic nitrogens is 1. The lowest BCUT2D eigenvalue weighted by Gasteiger charge is -2.01. The fourth-order valence-electron chi connectivity index (χ4n) is 1.88. The normalized spacial score (nSPS) is 11.0. The van der Waals surface area contributed by atoms with Crippen LogP contribution in [0.5, 0.6) is 0 Å². The Morgan fingerprint density at radius 2 is 1.89 bits per heavy atom. The van der Waals surface area contributed by atoms with Gasteiger partial charge in [-0.05, 0) is 48.6 Å². The van der Waals surface area contributed by atoms with Crippen molar-refractivity contribution in [3.05, 3.63) is 54.1 Å². The molecule has 1 N–H and O–H groups in total. The zero-order chi connectivity index (χ0) is 13.1. The van der Waals surface area contributed by atoms with Gasteiger partial charge in [0.05, 0.1) is 0 Å². The van der Waals surface area contributed by atoms with Crippen LogP contribution in [0, 0.1) is 0 Å². The van der Waals surface area contributed by atoms with Gasteiger partial charge in [0, 0.05) is 11.4 Å². The summed E-state index contributed by atoms with van der Waals surface area (Å²) in [6.45, 7) is 0.883. The lowest BCUT2D eigenvalue weighted by atomic mass is 10.2. The minimum absolute atomic E-state index is 0.683. The number of hydrogen-bond acceptors (Lipinski definition) is 4. The number of fused-ring (bicyclic) bond motifs is 1. The van der Waals surface area contributed by atoms with Crippen LogP contribution in [0.1, 0.15) is 5.56 Å². The molecule has 19 heavy (non-hydrogen) atoms. The van der Waals surface area contributed by atoms with Crippen molar-refractivity contribution in [3.8, 4) is 0 Å². The predicted molar refractivity (Wildman–Crippen MR) is 77.3 cm³/mol. The summed E-state index contributed by atoms with van der Waals surface area (Å²) in [5.74, 6) is 0. The summed E-state index contributed by atoms with van der Waals surface area (Å²) in [7, 11) is 1.95. The number of benzene rings is 2. The number of oxazole rings is 1. The summed E-state index contributed by atoms with van der Waals surface area (Å²) in [6.07, 6.45) is 0. The predicted octanol–water partition coefficient (Wildman–Crippen LogP) is 3.70. The molecular formula is C15H14N2OS. The summed E-state index contributed by atoms with van der Waals surface area (Å²) in [4.78, 5) is 5.58. The van der Waals surface area contributed by atoms with Gasteiger partial charge in [-0.15, -0.1) is 0 Å². The van der Waals surface area contributed by atoms with Gasteiger partial charge in [-0.3, -0.25) is 0 Å². The Morgan fingerprint density at radius 1 is 1.11 bits per heavy atom. The summed E-state index contributed by atoms with van der Waals surface area (Å²) in [5, 5.41) is 3.82. The maximum Gasteiger partial charge on any atom is 0.261 e. The second-order valence-electron chi connectivity index (χ2n) is 4.22. The monoisotopic (exact) mass is 270 g/mol. The summed E-state index contributed by atoms with van der Waals surface area (Å²) in [6, 6.07) is 16.2. The molecule has 1 aromatic heterocycles. The molecule has 3 nitrogen and oxygen atoms in total. The van der Waals surface area contributed by atoms with Crippen LogP contribution in [0.3, 0.4) is 0 Å². The van der Waals surface area contributed by atoms with Crippen molar-refractivity contribution in [1.82, 2.24) is 10.3 Å². The number of nitrogens with zero attached hydrogens (tertiary/aromatic N) is 1. The fourth-order valence-corrected chi connectivity index (χ4v) is 2.62. The molecule has 0 unspecified atom stereocenters. The molecule has 2 aromatic carbocycles. The first kappa shape index (κ1) is 12.3. The maximum atomic E-state index is 5.69. The number of nitrogens with one attached hydrogen (secondary N) is 1. The van der Waals surface area contributed by atoms with Gasteiger partial charge in [0.25, 0.3) is 5.22 Å². The van der Waals surface area contributed by atoms with Gasteiger partial charge in [0.2, 0.25) is 0 Å². The van der Waals surface area contributed by atoms with Crippen LogP contribution < -0.4 is 5.32 Å². The van der Waals surface area contributed by atoms with Gasteiger partial charge < -0.3 is 9.73 Å². The Balaban J connectivity index is 1.80.